The maximum Gasteiger partial charge on any atom is 0.115 e. The summed E-state index contributed by atoms with van der Waals surface area (Å²) in [7, 11) is 0. The molecule has 0 saturated heterocycles. The number of aromatic nitrogens is 2. The predicted molar refractivity (Wildman–Crippen MR) is 67.9 cm³/mol. The standard InChI is InChI=1S/C13H22N4/c14-17-13(12-8-15-10-16-9-12)11-6-4-2-1-3-5-7-11/h8-11,13,17H,1-7,14H2. The maximum atomic E-state index is 5.72. The van der Waals surface area contributed by atoms with Crippen molar-refractivity contribution in [1.29, 1.82) is 0 Å². The molecule has 1 aliphatic carbocycles. The molecule has 0 aliphatic heterocycles. The zero-order chi connectivity index (χ0) is 11.9. The van der Waals surface area contributed by atoms with Crippen molar-refractivity contribution >= 4 is 0 Å². The molecule has 0 radical (unpaired) electrons. The van der Waals surface area contributed by atoms with Crippen molar-refractivity contribution in [3.05, 3.63) is 24.3 Å². The summed E-state index contributed by atoms with van der Waals surface area (Å²) in [6, 6.07) is 0.203. The summed E-state index contributed by atoms with van der Waals surface area (Å²) in [4.78, 5) is 8.17. The van der Waals surface area contributed by atoms with Gasteiger partial charge in [0.15, 0.2) is 0 Å². The van der Waals surface area contributed by atoms with Crippen LogP contribution >= 0.6 is 0 Å². The van der Waals surface area contributed by atoms with Crippen LogP contribution in [0.3, 0.4) is 0 Å². The first-order valence-electron chi connectivity index (χ1n) is 6.63. The minimum absolute atomic E-state index is 0.203. The van der Waals surface area contributed by atoms with E-state index in [1.807, 2.05) is 12.4 Å². The first-order chi connectivity index (χ1) is 8.42. The fraction of sp³-hybridized carbons (Fsp3) is 0.692. The van der Waals surface area contributed by atoms with Crippen LogP contribution in [0.15, 0.2) is 18.7 Å². The molecule has 0 amide bonds. The predicted octanol–water partition coefficient (Wildman–Crippen LogP) is 2.34. The zero-order valence-corrected chi connectivity index (χ0v) is 10.3. The van der Waals surface area contributed by atoms with Crippen LogP contribution < -0.4 is 11.3 Å². The third-order valence-corrected chi connectivity index (χ3v) is 3.74. The molecule has 4 nitrogen and oxygen atoms in total. The third kappa shape index (κ3) is 3.48. The van der Waals surface area contributed by atoms with E-state index in [9.17, 15) is 0 Å². The monoisotopic (exact) mass is 234 g/mol. The van der Waals surface area contributed by atoms with Gasteiger partial charge in [0, 0.05) is 18.0 Å². The molecular formula is C13H22N4. The van der Waals surface area contributed by atoms with E-state index in [4.69, 9.17) is 5.84 Å². The molecule has 1 heterocycles. The van der Waals surface area contributed by atoms with Gasteiger partial charge in [-0.15, -0.1) is 0 Å². The molecule has 1 unspecified atom stereocenters. The molecule has 2 rings (SSSR count). The van der Waals surface area contributed by atoms with Crippen LogP contribution in [-0.2, 0) is 0 Å². The lowest BCUT2D eigenvalue weighted by Crippen LogP contribution is -2.34. The second-order valence-corrected chi connectivity index (χ2v) is 4.92. The number of hydrazine groups is 1. The Morgan fingerprint density at radius 2 is 1.65 bits per heavy atom. The van der Waals surface area contributed by atoms with E-state index >= 15 is 0 Å². The van der Waals surface area contributed by atoms with Gasteiger partial charge in [-0.3, -0.25) is 11.3 Å². The molecular weight excluding hydrogens is 212 g/mol. The first-order valence-corrected chi connectivity index (χ1v) is 6.63. The highest BCUT2D eigenvalue weighted by Gasteiger charge is 2.22. The highest BCUT2D eigenvalue weighted by molar-refractivity contribution is 5.10. The number of nitrogens with one attached hydrogen (secondary N) is 1. The summed E-state index contributed by atoms with van der Waals surface area (Å²) in [5, 5.41) is 0. The Balaban J connectivity index is 2.05. The van der Waals surface area contributed by atoms with Gasteiger partial charge in [0.2, 0.25) is 0 Å². The van der Waals surface area contributed by atoms with E-state index < -0.39 is 0 Å². The van der Waals surface area contributed by atoms with E-state index in [1.54, 1.807) is 6.33 Å². The zero-order valence-electron chi connectivity index (χ0n) is 10.3. The van der Waals surface area contributed by atoms with Gasteiger partial charge in [-0.05, 0) is 18.8 Å². The molecule has 94 valence electrons. The van der Waals surface area contributed by atoms with Crippen molar-refractivity contribution in [3.63, 3.8) is 0 Å². The van der Waals surface area contributed by atoms with Crippen molar-refractivity contribution in [2.45, 2.75) is 51.0 Å². The van der Waals surface area contributed by atoms with Crippen LogP contribution in [-0.4, -0.2) is 9.97 Å². The molecule has 1 aromatic rings. The van der Waals surface area contributed by atoms with Crippen molar-refractivity contribution in [2.75, 3.05) is 0 Å². The number of nitrogens with two attached hydrogens (primary N) is 1. The van der Waals surface area contributed by atoms with E-state index in [0.717, 1.165) is 5.56 Å². The Kier molecular flexibility index (Phi) is 4.88. The number of hydrogen-bond donors (Lipinski definition) is 2. The molecule has 1 atom stereocenters. The summed E-state index contributed by atoms with van der Waals surface area (Å²) in [6.07, 6.45) is 14.6. The highest BCUT2D eigenvalue weighted by Crippen LogP contribution is 2.31. The van der Waals surface area contributed by atoms with Gasteiger partial charge < -0.3 is 0 Å². The number of nitrogens with zero attached hydrogens (tertiary/aromatic N) is 2. The van der Waals surface area contributed by atoms with Gasteiger partial charge in [-0.25, -0.2) is 9.97 Å². The highest BCUT2D eigenvalue weighted by atomic mass is 15.2. The molecule has 4 heteroatoms. The van der Waals surface area contributed by atoms with Crippen LogP contribution in [0.25, 0.3) is 0 Å². The second kappa shape index (κ2) is 6.67. The number of hydrogen-bond acceptors (Lipinski definition) is 4. The Hall–Kier alpha value is -1.00. The lowest BCUT2D eigenvalue weighted by molar-refractivity contribution is 0.290. The average Bonchev–Trinajstić information content (AvgIpc) is 2.34. The minimum Gasteiger partial charge on any atom is -0.271 e. The average molecular weight is 234 g/mol. The molecule has 3 N–H and O–H groups in total. The lowest BCUT2D eigenvalue weighted by Gasteiger charge is -2.28. The van der Waals surface area contributed by atoms with E-state index in [2.05, 4.69) is 15.4 Å². The molecule has 17 heavy (non-hydrogen) atoms. The summed E-state index contributed by atoms with van der Waals surface area (Å²) in [5.74, 6) is 6.34. The normalized spacial score (nSPS) is 20.5. The summed E-state index contributed by atoms with van der Waals surface area (Å²) < 4.78 is 0. The molecule has 1 fully saturated rings. The Bertz CT molecular complexity index is 306. The molecule has 0 aromatic carbocycles. The van der Waals surface area contributed by atoms with Crippen molar-refractivity contribution in [1.82, 2.24) is 15.4 Å². The van der Waals surface area contributed by atoms with Gasteiger partial charge in [0.1, 0.15) is 6.33 Å². The Labute approximate surface area is 103 Å². The smallest absolute Gasteiger partial charge is 0.115 e. The van der Waals surface area contributed by atoms with Crippen molar-refractivity contribution in [2.24, 2.45) is 11.8 Å². The fourth-order valence-corrected chi connectivity index (χ4v) is 2.80. The molecule has 0 spiro atoms. The molecule has 1 aliphatic rings. The molecule has 1 aromatic heterocycles. The van der Waals surface area contributed by atoms with E-state index in [-0.39, 0.29) is 6.04 Å². The number of rotatable bonds is 3. The summed E-state index contributed by atoms with van der Waals surface area (Å²) >= 11 is 0. The quantitative estimate of drug-likeness (QED) is 0.622. The summed E-state index contributed by atoms with van der Waals surface area (Å²) in [6.45, 7) is 0. The first kappa shape index (κ1) is 12.5. The summed E-state index contributed by atoms with van der Waals surface area (Å²) in [5.41, 5.74) is 4.07. The Morgan fingerprint density at radius 1 is 1.06 bits per heavy atom. The topological polar surface area (TPSA) is 63.8 Å². The van der Waals surface area contributed by atoms with Crippen LogP contribution in [0.2, 0.25) is 0 Å². The Morgan fingerprint density at radius 3 is 2.24 bits per heavy atom. The van der Waals surface area contributed by atoms with Gasteiger partial charge in [-0.1, -0.05) is 32.1 Å². The van der Waals surface area contributed by atoms with E-state index in [1.165, 1.54) is 44.9 Å². The van der Waals surface area contributed by atoms with Gasteiger partial charge >= 0.3 is 0 Å². The molecule has 1 saturated carbocycles. The lowest BCUT2D eigenvalue weighted by atomic mass is 9.84. The van der Waals surface area contributed by atoms with E-state index in [0.29, 0.717) is 5.92 Å². The molecule has 0 bridgehead atoms. The SMILES string of the molecule is NNC(c1cncnc1)C1CCCCCCC1. The fourth-order valence-electron chi connectivity index (χ4n) is 2.80. The third-order valence-electron chi connectivity index (χ3n) is 3.74. The van der Waals surface area contributed by atoms with Gasteiger partial charge in [-0.2, -0.15) is 0 Å². The maximum absolute atomic E-state index is 5.72. The van der Waals surface area contributed by atoms with Crippen molar-refractivity contribution < 1.29 is 0 Å². The van der Waals surface area contributed by atoms with Gasteiger partial charge in [0.05, 0.1) is 6.04 Å². The second-order valence-electron chi connectivity index (χ2n) is 4.92. The van der Waals surface area contributed by atoms with Crippen LogP contribution in [0.5, 0.6) is 0 Å². The van der Waals surface area contributed by atoms with Gasteiger partial charge in [0.25, 0.3) is 0 Å². The van der Waals surface area contributed by atoms with Crippen LogP contribution in [0.1, 0.15) is 56.6 Å². The van der Waals surface area contributed by atoms with Crippen LogP contribution in [0, 0.1) is 5.92 Å². The largest absolute Gasteiger partial charge is 0.271 e. The van der Waals surface area contributed by atoms with Crippen molar-refractivity contribution in [3.8, 4) is 0 Å². The minimum atomic E-state index is 0.203. The van der Waals surface area contributed by atoms with Crippen LogP contribution in [0.4, 0.5) is 0 Å².